The molecule has 4 aromatic rings. The molecular formula is C28H28N4O6. The molecule has 0 N–H and O–H groups in total. The number of rotatable bonds is 7. The van der Waals surface area contributed by atoms with E-state index in [1.165, 1.54) is 10.5 Å². The van der Waals surface area contributed by atoms with Crippen molar-refractivity contribution in [2.24, 2.45) is 4.99 Å². The molecule has 0 unspecified atom stereocenters. The number of esters is 1. The van der Waals surface area contributed by atoms with Gasteiger partial charge in [0.1, 0.15) is 22.6 Å². The fourth-order valence-electron chi connectivity index (χ4n) is 4.47. The number of pyridine rings is 2. The lowest BCUT2D eigenvalue weighted by Crippen LogP contribution is -2.36. The Hall–Kier alpha value is -4.31. The van der Waals surface area contributed by atoms with Crippen LogP contribution in [0.1, 0.15) is 37.0 Å². The zero-order chi connectivity index (χ0) is 26.6. The van der Waals surface area contributed by atoms with Gasteiger partial charge in [0.15, 0.2) is 11.6 Å². The SMILES string of the molecule is CCOC(=O)c1cc2c(=O)n3ccccc3nc2n(C[C@@H]2CCCO2)c1=NC(=O)[C@H](C)Oc1ccccc1. The first kappa shape index (κ1) is 25.3. The zero-order valence-corrected chi connectivity index (χ0v) is 21.2. The van der Waals surface area contributed by atoms with Gasteiger partial charge in [0.2, 0.25) is 0 Å². The molecule has 1 amide bonds. The highest BCUT2D eigenvalue weighted by atomic mass is 16.5. The minimum atomic E-state index is -0.936. The quantitative estimate of drug-likeness (QED) is 0.274. The van der Waals surface area contributed by atoms with E-state index < -0.39 is 18.0 Å². The van der Waals surface area contributed by atoms with Gasteiger partial charge in [0.25, 0.3) is 11.5 Å². The van der Waals surface area contributed by atoms with Crippen LogP contribution in [-0.2, 0) is 20.8 Å². The molecule has 3 aromatic heterocycles. The summed E-state index contributed by atoms with van der Waals surface area (Å²) in [6, 6.07) is 15.6. The first-order valence-corrected chi connectivity index (χ1v) is 12.6. The third kappa shape index (κ3) is 5.08. The second kappa shape index (κ2) is 11.0. The van der Waals surface area contributed by atoms with E-state index in [4.69, 9.17) is 19.2 Å². The van der Waals surface area contributed by atoms with Gasteiger partial charge in [0, 0.05) is 12.8 Å². The molecule has 2 atom stereocenters. The second-order valence-corrected chi connectivity index (χ2v) is 8.95. The molecule has 5 rings (SSSR count). The number of fused-ring (bicyclic) bond motifs is 2. The van der Waals surface area contributed by atoms with Crippen molar-refractivity contribution in [2.45, 2.75) is 45.4 Å². The molecule has 38 heavy (non-hydrogen) atoms. The van der Waals surface area contributed by atoms with Gasteiger partial charge in [-0.3, -0.25) is 14.0 Å². The number of para-hydroxylation sites is 1. The average molecular weight is 517 g/mol. The number of aromatic nitrogens is 3. The number of hydrogen-bond acceptors (Lipinski definition) is 7. The van der Waals surface area contributed by atoms with E-state index in [9.17, 15) is 14.4 Å². The van der Waals surface area contributed by atoms with Crippen LogP contribution in [0.25, 0.3) is 16.7 Å². The van der Waals surface area contributed by atoms with Gasteiger partial charge in [0.05, 0.1) is 24.6 Å². The number of hydrogen-bond donors (Lipinski definition) is 0. The summed E-state index contributed by atoms with van der Waals surface area (Å²) in [5.41, 5.74) is 0.413. The van der Waals surface area contributed by atoms with Gasteiger partial charge in [-0.15, -0.1) is 0 Å². The maximum Gasteiger partial charge on any atom is 0.341 e. The van der Waals surface area contributed by atoms with E-state index in [-0.39, 0.29) is 41.3 Å². The van der Waals surface area contributed by atoms with Crippen molar-refractivity contribution in [1.29, 1.82) is 0 Å². The third-order valence-corrected chi connectivity index (χ3v) is 6.32. The fraction of sp³-hybridized carbons (Fsp3) is 0.321. The van der Waals surface area contributed by atoms with E-state index in [0.717, 1.165) is 12.8 Å². The lowest BCUT2D eigenvalue weighted by molar-refractivity contribution is -0.124. The van der Waals surface area contributed by atoms with Crippen LogP contribution in [0.2, 0.25) is 0 Å². The first-order chi connectivity index (χ1) is 18.5. The number of ether oxygens (including phenoxy) is 3. The van der Waals surface area contributed by atoms with Crippen LogP contribution in [0.4, 0.5) is 0 Å². The third-order valence-electron chi connectivity index (χ3n) is 6.32. The predicted molar refractivity (Wildman–Crippen MR) is 139 cm³/mol. The standard InChI is InChI=1S/C28H28N4O6/c1-3-36-28(35)22-16-21-24(29-23-13-7-8-14-31(23)27(21)34)32(17-20-12-9-15-37-20)25(22)30-26(33)18(2)38-19-10-5-4-6-11-19/h4-8,10-11,13-14,16,18,20H,3,9,12,15,17H2,1-2H3/t18-,20-/m0/s1. The molecule has 1 saturated heterocycles. The van der Waals surface area contributed by atoms with Crippen molar-refractivity contribution >= 4 is 28.6 Å². The predicted octanol–water partition coefficient (Wildman–Crippen LogP) is 2.90. The number of carbonyl (C=O) groups is 2. The van der Waals surface area contributed by atoms with Crippen LogP contribution in [0.5, 0.6) is 5.75 Å². The van der Waals surface area contributed by atoms with Gasteiger partial charge in [-0.25, -0.2) is 9.78 Å². The molecule has 10 heteroatoms. The number of amides is 1. The van der Waals surface area contributed by atoms with Crippen LogP contribution in [-0.4, -0.2) is 51.2 Å². The molecule has 0 radical (unpaired) electrons. The lowest BCUT2D eigenvalue weighted by atomic mass is 10.2. The zero-order valence-electron chi connectivity index (χ0n) is 21.2. The van der Waals surface area contributed by atoms with Gasteiger partial charge < -0.3 is 18.8 Å². The Morgan fingerprint density at radius 2 is 1.97 bits per heavy atom. The Morgan fingerprint density at radius 3 is 2.71 bits per heavy atom. The van der Waals surface area contributed by atoms with E-state index in [1.807, 2.05) is 6.07 Å². The van der Waals surface area contributed by atoms with Crippen LogP contribution in [0.15, 0.2) is 70.6 Å². The molecule has 4 heterocycles. The maximum absolute atomic E-state index is 13.5. The van der Waals surface area contributed by atoms with Crippen molar-refractivity contribution in [3.63, 3.8) is 0 Å². The summed E-state index contributed by atoms with van der Waals surface area (Å²) >= 11 is 0. The molecule has 0 bridgehead atoms. The first-order valence-electron chi connectivity index (χ1n) is 12.6. The summed E-state index contributed by atoms with van der Waals surface area (Å²) in [7, 11) is 0. The molecule has 196 valence electrons. The molecule has 1 aliphatic rings. The maximum atomic E-state index is 13.5. The Bertz CT molecular complexity index is 1620. The van der Waals surface area contributed by atoms with Crippen LogP contribution >= 0.6 is 0 Å². The van der Waals surface area contributed by atoms with Gasteiger partial charge in [-0.1, -0.05) is 24.3 Å². The number of nitrogens with zero attached hydrogens (tertiary/aromatic N) is 4. The van der Waals surface area contributed by atoms with E-state index in [1.54, 1.807) is 67.1 Å². The summed E-state index contributed by atoms with van der Waals surface area (Å²) < 4.78 is 20.0. The van der Waals surface area contributed by atoms with Crippen molar-refractivity contribution in [1.82, 2.24) is 14.0 Å². The summed E-state index contributed by atoms with van der Waals surface area (Å²) in [6.07, 6.45) is 2.15. The smallest absolute Gasteiger partial charge is 0.341 e. The molecular weight excluding hydrogens is 488 g/mol. The molecule has 0 aliphatic carbocycles. The van der Waals surface area contributed by atoms with Gasteiger partial charge >= 0.3 is 5.97 Å². The highest BCUT2D eigenvalue weighted by molar-refractivity contribution is 5.94. The highest BCUT2D eigenvalue weighted by Crippen LogP contribution is 2.18. The Labute approximate surface area is 218 Å². The molecule has 0 saturated carbocycles. The number of carbonyl (C=O) groups excluding carboxylic acids is 2. The van der Waals surface area contributed by atoms with Crippen LogP contribution in [0, 0.1) is 0 Å². The summed E-state index contributed by atoms with van der Waals surface area (Å²) in [6.45, 7) is 4.23. The van der Waals surface area contributed by atoms with Gasteiger partial charge in [-0.05, 0) is 57.0 Å². The number of benzene rings is 1. The normalized spacial score (nSPS) is 16.6. The Balaban J connectivity index is 1.75. The molecule has 1 aromatic carbocycles. The van der Waals surface area contributed by atoms with Crippen molar-refractivity contribution < 1.29 is 23.8 Å². The lowest BCUT2D eigenvalue weighted by Gasteiger charge is -2.18. The van der Waals surface area contributed by atoms with Crippen molar-refractivity contribution in [3.05, 3.63) is 82.2 Å². The topological polar surface area (TPSA) is 113 Å². The highest BCUT2D eigenvalue weighted by Gasteiger charge is 2.24. The van der Waals surface area contributed by atoms with Crippen molar-refractivity contribution in [3.8, 4) is 5.75 Å². The largest absolute Gasteiger partial charge is 0.481 e. The Morgan fingerprint density at radius 1 is 1.18 bits per heavy atom. The second-order valence-electron chi connectivity index (χ2n) is 8.95. The fourth-order valence-corrected chi connectivity index (χ4v) is 4.47. The van der Waals surface area contributed by atoms with Crippen molar-refractivity contribution in [2.75, 3.05) is 13.2 Å². The van der Waals surface area contributed by atoms with Crippen LogP contribution < -0.4 is 15.8 Å². The monoisotopic (exact) mass is 516 g/mol. The molecule has 10 nitrogen and oxygen atoms in total. The summed E-state index contributed by atoms with van der Waals surface area (Å²) in [5.74, 6) is -0.783. The molecule has 0 spiro atoms. The minimum Gasteiger partial charge on any atom is -0.481 e. The minimum absolute atomic E-state index is 0.00705. The molecule has 1 fully saturated rings. The van der Waals surface area contributed by atoms with E-state index in [2.05, 4.69) is 4.99 Å². The summed E-state index contributed by atoms with van der Waals surface area (Å²) in [4.78, 5) is 48.9. The summed E-state index contributed by atoms with van der Waals surface area (Å²) in [5, 5.41) is 0.203. The van der Waals surface area contributed by atoms with E-state index in [0.29, 0.717) is 23.7 Å². The van der Waals surface area contributed by atoms with Crippen LogP contribution in [0.3, 0.4) is 0 Å². The average Bonchev–Trinajstić information content (AvgIpc) is 3.44. The van der Waals surface area contributed by atoms with Gasteiger partial charge in [-0.2, -0.15) is 4.99 Å². The Kier molecular flexibility index (Phi) is 7.32. The molecule has 1 aliphatic heterocycles. The van der Waals surface area contributed by atoms with E-state index >= 15 is 0 Å².